The number of nitrogens with two attached hydrogens (primary N) is 1. The molecule has 0 aliphatic carbocycles. The number of nitrogens with one attached hydrogen (secondary N) is 1. The van der Waals surface area contributed by atoms with E-state index in [2.05, 4.69) is 5.32 Å². The van der Waals surface area contributed by atoms with Crippen LogP contribution in [0.15, 0.2) is 0 Å². The Balaban J connectivity index is 3.31. The molecule has 0 aliphatic rings. The van der Waals surface area contributed by atoms with E-state index in [1.54, 1.807) is 7.11 Å². The number of hydrogen-bond donors (Lipinski definition) is 2. The van der Waals surface area contributed by atoms with E-state index in [0.29, 0.717) is 13.2 Å². The van der Waals surface area contributed by atoms with E-state index in [9.17, 15) is 4.79 Å². The summed E-state index contributed by atoms with van der Waals surface area (Å²) >= 11 is 0. The van der Waals surface area contributed by atoms with Crippen molar-refractivity contribution in [3.63, 3.8) is 0 Å². The van der Waals surface area contributed by atoms with E-state index in [-0.39, 0.29) is 18.8 Å². The highest BCUT2D eigenvalue weighted by molar-refractivity contribution is 5.74. The van der Waals surface area contributed by atoms with Crippen molar-refractivity contribution in [2.75, 3.05) is 26.9 Å². The van der Waals surface area contributed by atoms with Crippen molar-refractivity contribution in [2.24, 2.45) is 5.73 Å². The van der Waals surface area contributed by atoms with Crippen LogP contribution in [0.3, 0.4) is 0 Å². The molecule has 0 spiro atoms. The van der Waals surface area contributed by atoms with Gasteiger partial charge >= 0.3 is 0 Å². The number of hydrogen-bond acceptors (Lipinski definition) is 4. The summed E-state index contributed by atoms with van der Waals surface area (Å²) in [7, 11) is 1.67. The number of methoxy groups -OCH3 is 1. The van der Waals surface area contributed by atoms with E-state index in [1.165, 1.54) is 0 Å². The molecule has 5 nitrogen and oxygen atoms in total. The van der Waals surface area contributed by atoms with Crippen LogP contribution in [0.25, 0.3) is 0 Å². The zero-order chi connectivity index (χ0) is 11.0. The van der Waals surface area contributed by atoms with E-state index in [4.69, 9.17) is 15.2 Å². The van der Waals surface area contributed by atoms with Gasteiger partial charge in [-0.15, -0.1) is 0 Å². The maximum atomic E-state index is 10.3. The first kappa shape index (κ1) is 13.4. The summed E-state index contributed by atoms with van der Waals surface area (Å²) in [6, 6.07) is 0.261. The summed E-state index contributed by atoms with van der Waals surface area (Å²) in [5, 5.41) is 3.20. The minimum Gasteiger partial charge on any atom is -0.380 e. The van der Waals surface area contributed by atoms with Gasteiger partial charge < -0.3 is 20.5 Å². The highest BCUT2D eigenvalue weighted by Gasteiger charge is 2.09. The summed E-state index contributed by atoms with van der Waals surface area (Å²) in [5.41, 5.74) is 4.90. The molecule has 5 heteroatoms. The third kappa shape index (κ3) is 6.82. The highest BCUT2D eigenvalue weighted by Crippen LogP contribution is 1.94. The third-order valence-corrected chi connectivity index (χ3v) is 2.03. The van der Waals surface area contributed by atoms with E-state index in [0.717, 1.165) is 0 Å². The van der Waals surface area contributed by atoms with Gasteiger partial charge in [0.25, 0.3) is 0 Å². The maximum absolute atomic E-state index is 10.3. The van der Waals surface area contributed by atoms with Crippen LogP contribution in [-0.4, -0.2) is 44.9 Å². The fraction of sp³-hybridized carbons (Fsp3) is 0.889. The zero-order valence-corrected chi connectivity index (χ0v) is 9.08. The van der Waals surface area contributed by atoms with Gasteiger partial charge in [0.1, 0.15) is 6.61 Å². The molecule has 0 saturated heterocycles. The molecule has 14 heavy (non-hydrogen) atoms. The highest BCUT2D eigenvalue weighted by atomic mass is 16.5. The molecule has 0 aliphatic heterocycles. The Labute approximate surface area is 84.9 Å². The molecule has 1 amide bonds. The maximum Gasteiger partial charge on any atom is 0.243 e. The summed E-state index contributed by atoms with van der Waals surface area (Å²) < 4.78 is 10.1. The van der Waals surface area contributed by atoms with Crippen LogP contribution >= 0.6 is 0 Å². The number of ether oxygens (including phenoxy) is 2. The monoisotopic (exact) mass is 204 g/mol. The van der Waals surface area contributed by atoms with Crippen LogP contribution < -0.4 is 11.1 Å². The SMILES string of the molecule is COC(C)C(C)NCCOCC(N)=O. The van der Waals surface area contributed by atoms with Crippen molar-refractivity contribution in [1.29, 1.82) is 0 Å². The molecule has 0 radical (unpaired) electrons. The first-order valence-electron chi connectivity index (χ1n) is 4.70. The summed E-state index contributed by atoms with van der Waals surface area (Å²) in [6.45, 7) is 5.16. The van der Waals surface area contributed by atoms with Crippen LogP contribution in [0.5, 0.6) is 0 Å². The van der Waals surface area contributed by atoms with Crippen LogP contribution in [0.4, 0.5) is 0 Å². The lowest BCUT2D eigenvalue weighted by atomic mass is 10.2. The Bertz CT molecular complexity index is 164. The van der Waals surface area contributed by atoms with Crippen molar-refractivity contribution in [3.8, 4) is 0 Å². The zero-order valence-electron chi connectivity index (χ0n) is 9.08. The molecule has 3 N–H and O–H groups in total. The molecule has 0 fully saturated rings. The number of carbonyl (C=O) groups is 1. The molecular weight excluding hydrogens is 184 g/mol. The van der Waals surface area contributed by atoms with Crippen molar-refractivity contribution >= 4 is 5.91 Å². The second-order valence-corrected chi connectivity index (χ2v) is 3.20. The Morgan fingerprint density at radius 3 is 2.64 bits per heavy atom. The fourth-order valence-corrected chi connectivity index (χ4v) is 0.902. The van der Waals surface area contributed by atoms with Gasteiger partial charge in [0.05, 0.1) is 12.7 Å². The Hall–Kier alpha value is -0.650. The first-order valence-corrected chi connectivity index (χ1v) is 4.70. The van der Waals surface area contributed by atoms with E-state index < -0.39 is 5.91 Å². The van der Waals surface area contributed by atoms with Crippen LogP contribution in [0.1, 0.15) is 13.8 Å². The van der Waals surface area contributed by atoms with Crippen molar-refractivity contribution in [3.05, 3.63) is 0 Å². The molecular formula is C9H20N2O3. The first-order chi connectivity index (χ1) is 6.57. The standard InChI is InChI=1S/C9H20N2O3/c1-7(8(2)13-3)11-4-5-14-6-9(10)12/h7-8,11H,4-6H2,1-3H3,(H2,10,12). The lowest BCUT2D eigenvalue weighted by molar-refractivity contribution is -0.122. The molecule has 2 atom stereocenters. The molecule has 0 rings (SSSR count). The third-order valence-electron chi connectivity index (χ3n) is 2.03. The summed E-state index contributed by atoms with van der Waals surface area (Å²) in [4.78, 5) is 10.3. The van der Waals surface area contributed by atoms with Gasteiger partial charge in [0.15, 0.2) is 0 Å². The second kappa shape index (κ2) is 7.73. The molecule has 84 valence electrons. The Morgan fingerprint density at radius 2 is 2.14 bits per heavy atom. The average molecular weight is 204 g/mol. The smallest absolute Gasteiger partial charge is 0.243 e. The van der Waals surface area contributed by atoms with Gasteiger partial charge in [-0.05, 0) is 13.8 Å². The number of carbonyl (C=O) groups excluding carboxylic acids is 1. The van der Waals surface area contributed by atoms with E-state index in [1.807, 2.05) is 13.8 Å². The normalized spacial score (nSPS) is 15.1. The van der Waals surface area contributed by atoms with Gasteiger partial charge in [-0.25, -0.2) is 0 Å². The van der Waals surface area contributed by atoms with Crippen LogP contribution in [0, 0.1) is 0 Å². The molecule has 2 unspecified atom stereocenters. The predicted molar refractivity (Wildman–Crippen MR) is 53.9 cm³/mol. The lowest BCUT2D eigenvalue weighted by Crippen LogP contribution is -2.38. The fourth-order valence-electron chi connectivity index (χ4n) is 0.902. The number of primary amides is 1. The van der Waals surface area contributed by atoms with Gasteiger partial charge in [-0.2, -0.15) is 0 Å². The number of amides is 1. The Morgan fingerprint density at radius 1 is 1.50 bits per heavy atom. The second-order valence-electron chi connectivity index (χ2n) is 3.20. The largest absolute Gasteiger partial charge is 0.380 e. The lowest BCUT2D eigenvalue weighted by Gasteiger charge is -2.19. The van der Waals surface area contributed by atoms with Gasteiger partial charge in [0, 0.05) is 19.7 Å². The van der Waals surface area contributed by atoms with Crippen molar-refractivity contribution < 1.29 is 14.3 Å². The predicted octanol–water partition coefficient (Wildman–Crippen LogP) is -0.499. The molecule has 0 bridgehead atoms. The summed E-state index contributed by atoms with van der Waals surface area (Å²) in [6.07, 6.45) is 0.158. The molecule has 0 aromatic carbocycles. The Kier molecular flexibility index (Phi) is 7.37. The average Bonchev–Trinajstić information content (AvgIpc) is 2.15. The summed E-state index contributed by atoms with van der Waals surface area (Å²) in [5.74, 6) is -0.441. The van der Waals surface area contributed by atoms with Gasteiger partial charge in [-0.1, -0.05) is 0 Å². The van der Waals surface area contributed by atoms with Crippen LogP contribution in [0.2, 0.25) is 0 Å². The van der Waals surface area contributed by atoms with Gasteiger partial charge in [-0.3, -0.25) is 4.79 Å². The molecule has 0 aromatic heterocycles. The minimum absolute atomic E-state index is 0.0180. The van der Waals surface area contributed by atoms with Crippen molar-refractivity contribution in [1.82, 2.24) is 5.32 Å². The quantitative estimate of drug-likeness (QED) is 0.523. The van der Waals surface area contributed by atoms with E-state index >= 15 is 0 Å². The minimum atomic E-state index is -0.441. The van der Waals surface area contributed by atoms with Crippen molar-refractivity contribution in [2.45, 2.75) is 26.0 Å². The topological polar surface area (TPSA) is 73.6 Å². The van der Waals surface area contributed by atoms with Crippen LogP contribution in [-0.2, 0) is 14.3 Å². The molecule has 0 saturated carbocycles. The number of rotatable bonds is 8. The molecule has 0 heterocycles. The molecule has 0 aromatic rings. The van der Waals surface area contributed by atoms with Gasteiger partial charge in [0.2, 0.25) is 5.91 Å².